The van der Waals surface area contributed by atoms with Crippen molar-refractivity contribution >= 4 is 0 Å². The van der Waals surface area contributed by atoms with E-state index in [-0.39, 0.29) is 0 Å². The molecule has 4 rings (SSSR count). The van der Waals surface area contributed by atoms with Crippen LogP contribution in [0.15, 0.2) is 0 Å². The SMILES string of the molecule is F[C@@H](C(F)(F)F)C(F)(F)C12CC3(F)CC(F)(C1)CC(C(F)(F)[C@@H](F)C(F)(F)F)(C3)C2. The van der Waals surface area contributed by atoms with Gasteiger partial charge in [-0.3, -0.25) is 0 Å². The molecular formula is C16H14F14. The highest BCUT2D eigenvalue weighted by Gasteiger charge is 2.83. The van der Waals surface area contributed by atoms with Gasteiger partial charge in [0.2, 0.25) is 0 Å². The Labute approximate surface area is 160 Å². The summed E-state index contributed by atoms with van der Waals surface area (Å²) in [5.41, 5.74) is -14.2. The van der Waals surface area contributed by atoms with Crippen molar-refractivity contribution in [2.24, 2.45) is 10.8 Å². The molecule has 0 nitrogen and oxygen atoms in total. The molecule has 0 aromatic rings. The molecule has 0 heterocycles. The van der Waals surface area contributed by atoms with E-state index in [2.05, 4.69) is 0 Å². The lowest BCUT2D eigenvalue weighted by Crippen LogP contribution is -2.74. The van der Waals surface area contributed by atoms with Crippen molar-refractivity contribution in [3.63, 3.8) is 0 Å². The zero-order chi connectivity index (χ0) is 23.4. The minimum absolute atomic E-state index is 1.35. The third kappa shape index (κ3) is 3.08. The number of hydrogen-bond acceptors (Lipinski definition) is 0. The molecule has 4 fully saturated rings. The molecule has 0 spiro atoms. The van der Waals surface area contributed by atoms with E-state index in [4.69, 9.17) is 0 Å². The second-order valence-electron chi connectivity index (χ2n) is 8.98. The fourth-order valence-corrected chi connectivity index (χ4v) is 6.05. The molecule has 30 heavy (non-hydrogen) atoms. The Kier molecular flexibility index (Phi) is 4.64. The maximum absolute atomic E-state index is 15.1. The van der Waals surface area contributed by atoms with Crippen LogP contribution in [0.3, 0.4) is 0 Å². The summed E-state index contributed by atoms with van der Waals surface area (Å²) in [6.07, 6.45) is -32.5. The zero-order valence-electron chi connectivity index (χ0n) is 14.7. The van der Waals surface area contributed by atoms with Crippen LogP contribution in [0.4, 0.5) is 61.5 Å². The summed E-state index contributed by atoms with van der Waals surface area (Å²) in [5, 5.41) is 0. The normalized spacial score (nSPS) is 41.8. The number of rotatable bonds is 4. The van der Waals surface area contributed by atoms with E-state index in [0.29, 0.717) is 0 Å². The molecule has 0 radical (unpaired) electrons. The lowest BCUT2D eigenvalue weighted by molar-refractivity contribution is -0.366. The van der Waals surface area contributed by atoms with E-state index in [1.807, 2.05) is 0 Å². The van der Waals surface area contributed by atoms with Crippen molar-refractivity contribution in [1.29, 1.82) is 0 Å². The van der Waals surface area contributed by atoms with Gasteiger partial charge in [0.1, 0.15) is 11.3 Å². The van der Waals surface area contributed by atoms with Gasteiger partial charge in [0.25, 0.3) is 24.2 Å². The van der Waals surface area contributed by atoms with Crippen molar-refractivity contribution < 1.29 is 61.5 Å². The van der Waals surface area contributed by atoms with Crippen LogP contribution in [0, 0.1) is 10.8 Å². The van der Waals surface area contributed by atoms with Gasteiger partial charge in [-0.1, -0.05) is 0 Å². The summed E-state index contributed by atoms with van der Waals surface area (Å²) < 4.78 is 192. The van der Waals surface area contributed by atoms with Crippen molar-refractivity contribution in [2.75, 3.05) is 0 Å². The summed E-state index contributed by atoms with van der Waals surface area (Å²) in [5.74, 6) is -11.3. The van der Waals surface area contributed by atoms with Crippen molar-refractivity contribution in [1.82, 2.24) is 0 Å². The second-order valence-corrected chi connectivity index (χ2v) is 8.98. The van der Waals surface area contributed by atoms with Crippen LogP contribution >= 0.6 is 0 Å². The third-order valence-corrected chi connectivity index (χ3v) is 6.56. The number of halogens is 14. The fraction of sp³-hybridized carbons (Fsp3) is 1.00. The monoisotopic (exact) mass is 472 g/mol. The average molecular weight is 472 g/mol. The molecule has 0 amide bonds. The minimum atomic E-state index is -6.25. The minimum Gasteiger partial charge on any atom is -0.244 e. The molecule has 0 aromatic heterocycles. The molecule has 4 saturated carbocycles. The number of hydrogen-bond donors (Lipinski definition) is 0. The Morgan fingerprint density at radius 3 is 0.967 bits per heavy atom. The Balaban J connectivity index is 2.17. The van der Waals surface area contributed by atoms with Crippen LogP contribution < -0.4 is 0 Å². The van der Waals surface area contributed by atoms with Gasteiger partial charge in [-0.05, 0) is 32.1 Å². The zero-order valence-corrected chi connectivity index (χ0v) is 14.7. The van der Waals surface area contributed by atoms with E-state index in [1.165, 1.54) is 0 Å². The van der Waals surface area contributed by atoms with Crippen LogP contribution in [0.2, 0.25) is 0 Å². The summed E-state index contributed by atoms with van der Waals surface area (Å²) in [4.78, 5) is 0. The molecule has 0 N–H and O–H groups in total. The summed E-state index contributed by atoms with van der Waals surface area (Å²) >= 11 is 0. The molecule has 0 aromatic carbocycles. The molecule has 0 unspecified atom stereocenters. The van der Waals surface area contributed by atoms with Gasteiger partial charge < -0.3 is 0 Å². The van der Waals surface area contributed by atoms with E-state index in [0.717, 1.165) is 0 Å². The van der Waals surface area contributed by atoms with Gasteiger partial charge in [-0.15, -0.1) is 0 Å². The molecule has 14 heteroatoms. The molecule has 4 aliphatic rings. The van der Waals surface area contributed by atoms with Gasteiger partial charge in [0, 0.05) is 17.3 Å². The van der Waals surface area contributed by atoms with Crippen molar-refractivity contribution in [2.45, 2.75) is 86.4 Å². The van der Waals surface area contributed by atoms with Crippen LogP contribution in [0.1, 0.15) is 38.5 Å². The first-order valence-electron chi connectivity index (χ1n) is 8.60. The summed E-state index contributed by atoms with van der Waals surface area (Å²) in [6, 6.07) is 0. The van der Waals surface area contributed by atoms with Crippen LogP contribution in [0.25, 0.3) is 0 Å². The third-order valence-electron chi connectivity index (χ3n) is 6.56. The highest BCUT2D eigenvalue weighted by molar-refractivity contribution is 5.26. The predicted octanol–water partition coefficient (Wildman–Crippen LogP) is 6.83. The molecule has 0 aliphatic heterocycles. The Morgan fingerprint density at radius 2 is 0.733 bits per heavy atom. The highest BCUT2D eigenvalue weighted by Crippen LogP contribution is 2.77. The first-order chi connectivity index (χ1) is 13.1. The summed E-state index contributed by atoms with van der Waals surface area (Å²) in [6.45, 7) is 0. The average Bonchev–Trinajstić information content (AvgIpc) is 2.47. The summed E-state index contributed by atoms with van der Waals surface area (Å²) in [7, 11) is 0. The maximum Gasteiger partial charge on any atom is 0.425 e. The first kappa shape index (κ1) is 23.7. The van der Waals surface area contributed by atoms with Crippen molar-refractivity contribution in [3.05, 3.63) is 0 Å². The molecule has 4 aliphatic carbocycles. The predicted molar refractivity (Wildman–Crippen MR) is 72.0 cm³/mol. The lowest BCUT2D eigenvalue weighted by Gasteiger charge is -2.68. The van der Waals surface area contributed by atoms with Crippen LogP contribution in [-0.2, 0) is 0 Å². The Morgan fingerprint density at radius 1 is 0.467 bits per heavy atom. The second kappa shape index (κ2) is 5.87. The first-order valence-corrected chi connectivity index (χ1v) is 8.60. The van der Waals surface area contributed by atoms with Gasteiger partial charge in [0.05, 0.1) is 0 Å². The largest absolute Gasteiger partial charge is 0.425 e. The molecule has 4 bridgehead atoms. The van der Waals surface area contributed by atoms with E-state index in [9.17, 15) is 52.7 Å². The van der Waals surface area contributed by atoms with Gasteiger partial charge in [0.15, 0.2) is 0 Å². The van der Waals surface area contributed by atoms with Gasteiger partial charge >= 0.3 is 12.4 Å². The fourth-order valence-electron chi connectivity index (χ4n) is 6.05. The van der Waals surface area contributed by atoms with Crippen LogP contribution in [0.5, 0.6) is 0 Å². The van der Waals surface area contributed by atoms with Gasteiger partial charge in [-0.2, -0.15) is 26.3 Å². The smallest absolute Gasteiger partial charge is 0.244 e. The van der Waals surface area contributed by atoms with Crippen LogP contribution in [-0.4, -0.2) is 47.9 Å². The molecular weight excluding hydrogens is 458 g/mol. The van der Waals surface area contributed by atoms with Gasteiger partial charge in [-0.25, -0.2) is 35.1 Å². The highest BCUT2D eigenvalue weighted by atomic mass is 19.4. The molecule has 176 valence electrons. The van der Waals surface area contributed by atoms with E-state index in [1.54, 1.807) is 0 Å². The Bertz CT molecular complexity index is 634. The standard InChI is InChI=1S/C16H14F14/c17-7(15(25,26)27)13(21,22)9-1-10(14(23,24)8(18)16(28,29)30)4-11(19,2-9)6-12(20,3-9)5-10/h7-8H,1-6H2/t7-,8-,9?,10?,11?,12?/m1/s1. The van der Waals surface area contributed by atoms with E-state index >= 15 is 8.78 Å². The molecule has 0 saturated heterocycles. The Hall–Kier alpha value is -0.980. The molecule has 2 atom stereocenters. The number of alkyl halides is 14. The quantitative estimate of drug-likeness (QED) is 0.394. The topological polar surface area (TPSA) is 0 Å². The maximum atomic E-state index is 15.1. The lowest BCUT2D eigenvalue weighted by atomic mass is 9.39. The van der Waals surface area contributed by atoms with Crippen molar-refractivity contribution in [3.8, 4) is 0 Å². The van der Waals surface area contributed by atoms with E-state index < -0.39 is 97.2 Å².